The van der Waals surface area contributed by atoms with E-state index in [0.717, 1.165) is 48.5 Å². The van der Waals surface area contributed by atoms with Crippen molar-refractivity contribution in [2.75, 3.05) is 13.1 Å². The van der Waals surface area contributed by atoms with E-state index >= 15 is 0 Å². The van der Waals surface area contributed by atoms with Gasteiger partial charge >= 0.3 is 0 Å². The molecule has 0 aromatic carbocycles. The van der Waals surface area contributed by atoms with Gasteiger partial charge in [0, 0.05) is 34.2 Å². The Kier molecular flexibility index (Phi) is 5.44. The van der Waals surface area contributed by atoms with Gasteiger partial charge in [0.05, 0.1) is 0 Å². The van der Waals surface area contributed by atoms with Crippen LogP contribution in [0.5, 0.6) is 0 Å². The molecule has 0 radical (unpaired) electrons. The fourth-order valence-corrected chi connectivity index (χ4v) is 4.43. The highest BCUT2D eigenvalue weighted by Gasteiger charge is 2.26. The number of rotatable bonds is 5. The van der Waals surface area contributed by atoms with Gasteiger partial charge < -0.3 is 10.6 Å². The zero-order valence-corrected chi connectivity index (χ0v) is 15.8. The summed E-state index contributed by atoms with van der Waals surface area (Å²) >= 11 is 10.8. The molecule has 2 nitrogen and oxygen atoms in total. The Morgan fingerprint density at radius 2 is 1.14 bits per heavy atom. The van der Waals surface area contributed by atoms with Crippen LogP contribution in [-0.4, -0.2) is 22.8 Å². The van der Waals surface area contributed by atoms with E-state index in [0.29, 0.717) is 0 Å². The minimum absolute atomic E-state index is 0.281. The van der Waals surface area contributed by atoms with Gasteiger partial charge in [-0.15, -0.1) is 0 Å². The molecular weight excluding hydrogens is 308 g/mol. The van der Waals surface area contributed by atoms with Crippen LogP contribution < -0.4 is 10.6 Å². The number of hydrogen-bond acceptors (Lipinski definition) is 4. The van der Waals surface area contributed by atoms with E-state index < -0.39 is 0 Å². The highest BCUT2D eigenvalue weighted by atomic mass is 32.1. The van der Waals surface area contributed by atoms with Crippen molar-refractivity contribution in [3.05, 3.63) is 23.5 Å². The maximum Gasteiger partial charge on any atom is 0.0317 e. The van der Waals surface area contributed by atoms with Gasteiger partial charge in [0.1, 0.15) is 0 Å². The van der Waals surface area contributed by atoms with Gasteiger partial charge in [0.15, 0.2) is 0 Å². The second-order valence-electron chi connectivity index (χ2n) is 8.16. The summed E-state index contributed by atoms with van der Waals surface area (Å²) in [5.74, 6) is 0. The van der Waals surface area contributed by atoms with Gasteiger partial charge in [-0.3, -0.25) is 0 Å². The fourth-order valence-electron chi connectivity index (χ4n) is 3.37. The predicted octanol–water partition coefficient (Wildman–Crippen LogP) is 4.31. The van der Waals surface area contributed by atoms with Crippen LogP contribution >= 0.6 is 24.4 Å². The minimum atomic E-state index is 0.281. The molecule has 2 N–H and O–H groups in total. The molecule has 0 fully saturated rings. The molecule has 0 aliphatic heterocycles. The standard InChI is InChI=1S/C18H28N2S2/c1-17(2)9-13(7-15(21)11-17)19-5-6-20-14-8-16(22)12-18(3,4)10-14/h7-8,19-20H,5-6,9-12H2,1-4H3. The molecule has 2 aliphatic rings. The summed E-state index contributed by atoms with van der Waals surface area (Å²) in [5.41, 5.74) is 3.11. The average Bonchev–Trinajstić information content (AvgIpc) is 2.29. The van der Waals surface area contributed by atoms with Gasteiger partial charge in [0.2, 0.25) is 0 Å². The summed E-state index contributed by atoms with van der Waals surface area (Å²) in [6.45, 7) is 10.9. The van der Waals surface area contributed by atoms with Crippen LogP contribution in [0.25, 0.3) is 0 Å². The molecule has 0 amide bonds. The van der Waals surface area contributed by atoms with Crippen LogP contribution in [0.15, 0.2) is 23.5 Å². The Hall–Kier alpha value is -0.740. The molecule has 2 rings (SSSR count). The van der Waals surface area contributed by atoms with Crippen molar-refractivity contribution in [3.63, 3.8) is 0 Å². The Morgan fingerprint density at radius 1 is 0.773 bits per heavy atom. The van der Waals surface area contributed by atoms with E-state index in [1.165, 1.54) is 11.4 Å². The Bertz CT molecular complexity index is 479. The van der Waals surface area contributed by atoms with Gasteiger partial charge in [-0.05, 0) is 48.7 Å². The molecule has 0 bridgehead atoms. The SMILES string of the molecule is CC1(C)CC(=S)C=C(NCCNC2=CC(=S)CC(C)(C)C2)C1. The summed E-state index contributed by atoms with van der Waals surface area (Å²) < 4.78 is 0. The molecule has 0 unspecified atom stereocenters. The topological polar surface area (TPSA) is 24.1 Å². The Morgan fingerprint density at radius 3 is 1.45 bits per heavy atom. The lowest BCUT2D eigenvalue weighted by Gasteiger charge is -2.32. The molecule has 0 heterocycles. The van der Waals surface area contributed by atoms with E-state index in [9.17, 15) is 0 Å². The normalized spacial score (nSPS) is 23.6. The third kappa shape index (κ3) is 5.47. The van der Waals surface area contributed by atoms with E-state index in [2.05, 4.69) is 50.5 Å². The third-order valence-corrected chi connectivity index (χ3v) is 4.67. The highest BCUT2D eigenvalue weighted by Crippen LogP contribution is 2.34. The molecule has 0 saturated heterocycles. The van der Waals surface area contributed by atoms with Crippen molar-refractivity contribution in [2.45, 2.75) is 53.4 Å². The van der Waals surface area contributed by atoms with Crippen LogP contribution in [0.3, 0.4) is 0 Å². The van der Waals surface area contributed by atoms with Crippen LogP contribution in [0.1, 0.15) is 53.4 Å². The first kappa shape index (κ1) is 17.6. The first-order valence-electron chi connectivity index (χ1n) is 8.10. The first-order chi connectivity index (χ1) is 10.2. The molecule has 0 spiro atoms. The van der Waals surface area contributed by atoms with Crippen molar-refractivity contribution >= 4 is 34.2 Å². The Labute approximate surface area is 145 Å². The summed E-state index contributed by atoms with van der Waals surface area (Å²) in [4.78, 5) is 2.13. The lowest BCUT2D eigenvalue weighted by molar-refractivity contribution is 0.360. The number of thiocarbonyl (C=S) groups is 2. The molecule has 22 heavy (non-hydrogen) atoms. The number of allylic oxidation sites excluding steroid dienone is 4. The Balaban J connectivity index is 1.78. The van der Waals surface area contributed by atoms with Crippen LogP contribution in [0.2, 0.25) is 0 Å². The largest absolute Gasteiger partial charge is 0.387 e. The quantitative estimate of drug-likeness (QED) is 0.577. The summed E-state index contributed by atoms with van der Waals surface area (Å²) in [7, 11) is 0. The van der Waals surface area contributed by atoms with Crippen molar-refractivity contribution in [3.8, 4) is 0 Å². The van der Waals surface area contributed by atoms with Crippen LogP contribution in [0.4, 0.5) is 0 Å². The van der Waals surface area contributed by atoms with Gasteiger partial charge in [-0.25, -0.2) is 0 Å². The second-order valence-corrected chi connectivity index (χ2v) is 9.21. The maximum absolute atomic E-state index is 5.40. The molecular formula is C18H28N2S2. The molecule has 0 aromatic heterocycles. The smallest absolute Gasteiger partial charge is 0.0317 e. The molecule has 122 valence electrons. The molecule has 0 atom stereocenters. The van der Waals surface area contributed by atoms with Gasteiger partial charge in [0.25, 0.3) is 0 Å². The van der Waals surface area contributed by atoms with E-state index in [1.807, 2.05) is 0 Å². The van der Waals surface area contributed by atoms with Crippen molar-refractivity contribution < 1.29 is 0 Å². The third-order valence-electron chi connectivity index (χ3n) is 4.14. The molecule has 4 heteroatoms. The first-order valence-corrected chi connectivity index (χ1v) is 8.91. The summed E-state index contributed by atoms with van der Waals surface area (Å²) in [6.07, 6.45) is 8.47. The summed E-state index contributed by atoms with van der Waals surface area (Å²) in [5, 5.41) is 7.06. The predicted molar refractivity (Wildman–Crippen MR) is 103 cm³/mol. The average molecular weight is 337 g/mol. The second kappa shape index (κ2) is 6.79. The highest BCUT2D eigenvalue weighted by molar-refractivity contribution is 7.81. The molecule has 0 aromatic rings. The zero-order valence-electron chi connectivity index (χ0n) is 14.2. The van der Waals surface area contributed by atoms with Gasteiger partial charge in [-0.2, -0.15) is 0 Å². The van der Waals surface area contributed by atoms with Crippen LogP contribution in [0, 0.1) is 10.8 Å². The molecule has 0 saturated carbocycles. The number of nitrogens with one attached hydrogen (secondary N) is 2. The fraction of sp³-hybridized carbons (Fsp3) is 0.667. The van der Waals surface area contributed by atoms with Crippen molar-refractivity contribution in [1.82, 2.24) is 10.6 Å². The lowest BCUT2D eigenvalue weighted by atomic mass is 9.79. The number of hydrogen-bond donors (Lipinski definition) is 2. The van der Waals surface area contributed by atoms with Crippen molar-refractivity contribution in [2.24, 2.45) is 10.8 Å². The van der Waals surface area contributed by atoms with E-state index in [1.54, 1.807) is 0 Å². The monoisotopic (exact) mass is 336 g/mol. The van der Waals surface area contributed by atoms with E-state index in [-0.39, 0.29) is 10.8 Å². The van der Waals surface area contributed by atoms with Gasteiger partial charge in [-0.1, -0.05) is 52.1 Å². The van der Waals surface area contributed by atoms with E-state index in [4.69, 9.17) is 24.4 Å². The zero-order chi connectivity index (χ0) is 16.4. The lowest BCUT2D eigenvalue weighted by Crippen LogP contribution is -2.33. The summed E-state index contributed by atoms with van der Waals surface area (Å²) in [6, 6.07) is 0. The minimum Gasteiger partial charge on any atom is -0.387 e. The molecule has 2 aliphatic carbocycles. The maximum atomic E-state index is 5.40. The van der Waals surface area contributed by atoms with Crippen LogP contribution in [-0.2, 0) is 0 Å². The van der Waals surface area contributed by atoms with Crippen molar-refractivity contribution in [1.29, 1.82) is 0 Å².